The van der Waals surface area contributed by atoms with Crippen molar-refractivity contribution in [2.75, 3.05) is 11.5 Å². The van der Waals surface area contributed by atoms with E-state index in [0.29, 0.717) is 0 Å². The van der Waals surface area contributed by atoms with E-state index in [1.807, 2.05) is 0 Å². The third-order valence-electron chi connectivity index (χ3n) is 2.68. The molecule has 100 valence electrons. The Balaban J connectivity index is 2.20. The SMILES string of the molecule is O=S1(=O)CC(O)C(NS(=O)(=O)c2ccccc2)C1. The number of benzene rings is 1. The summed E-state index contributed by atoms with van der Waals surface area (Å²) in [5, 5.41) is 9.53. The molecule has 0 amide bonds. The van der Waals surface area contributed by atoms with Crippen molar-refractivity contribution >= 4 is 19.9 Å². The highest BCUT2D eigenvalue weighted by Gasteiger charge is 2.38. The molecule has 0 spiro atoms. The lowest BCUT2D eigenvalue weighted by Crippen LogP contribution is -2.42. The number of aliphatic hydroxyl groups is 1. The first-order chi connectivity index (χ1) is 8.30. The Bertz CT molecular complexity index is 623. The zero-order valence-corrected chi connectivity index (χ0v) is 11.0. The van der Waals surface area contributed by atoms with Crippen LogP contribution in [0, 0.1) is 0 Å². The van der Waals surface area contributed by atoms with Crippen molar-refractivity contribution in [3.05, 3.63) is 30.3 Å². The van der Waals surface area contributed by atoms with Crippen LogP contribution in [0.1, 0.15) is 0 Å². The van der Waals surface area contributed by atoms with Crippen LogP contribution in [0.25, 0.3) is 0 Å². The molecule has 2 atom stereocenters. The maximum absolute atomic E-state index is 11.9. The second-order valence-electron chi connectivity index (χ2n) is 4.19. The average molecular weight is 291 g/mol. The molecule has 1 aromatic rings. The standard InChI is InChI=1S/C10H13NO5S2/c12-10-7-17(13,14)6-9(10)11-18(15,16)8-4-2-1-3-5-8/h1-5,9-12H,6-7H2. The van der Waals surface area contributed by atoms with E-state index < -0.39 is 37.8 Å². The smallest absolute Gasteiger partial charge is 0.240 e. The molecule has 1 heterocycles. The zero-order valence-electron chi connectivity index (χ0n) is 9.35. The first-order valence-electron chi connectivity index (χ1n) is 5.26. The van der Waals surface area contributed by atoms with Crippen LogP contribution >= 0.6 is 0 Å². The van der Waals surface area contributed by atoms with Gasteiger partial charge in [0, 0.05) is 0 Å². The normalized spacial score (nSPS) is 27.2. The number of rotatable bonds is 3. The Morgan fingerprint density at radius 2 is 1.78 bits per heavy atom. The van der Waals surface area contributed by atoms with Crippen LogP contribution in [0.4, 0.5) is 0 Å². The predicted molar refractivity (Wildman–Crippen MR) is 65.2 cm³/mol. The van der Waals surface area contributed by atoms with Crippen molar-refractivity contribution in [3.8, 4) is 0 Å². The van der Waals surface area contributed by atoms with Crippen LogP contribution in [-0.2, 0) is 19.9 Å². The fraction of sp³-hybridized carbons (Fsp3) is 0.400. The molecule has 2 rings (SSSR count). The van der Waals surface area contributed by atoms with Crippen LogP contribution < -0.4 is 4.72 Å². The van der Waals surface area contributed by atoms with Gasteiger partial charge in [-0.25, -0.2) is 21.6 Å². The van der Waals surface area contributed by atoms with Crippen LogP contribution in [0.3, 0.4) is 0 Å². The summed E-state index contributed by atoms with van der Waals surface area (Å²) in [7, 11) is -7.18. The Morgan fingerprint density at radius 3 is 2.28 bits per heavy atom. The van der Waals surface area contributed by atoms with E-state index in [2.05, 4.69) is 4.72 Å². The van der Waals surface area contributed by atoms with Crippen LogP contribution in [0.5, 0.6) is 0 Å². The molecular weight excluding hydrogens is 278 g/mol. The van der Waals surface area contributed by atoms with Gasteiger partial charge in [-0.1, -0.05) is 18.2 Å². The summed E-state index contributed by atoms with van der Waals surface area (Å²) in [5.74, 6) is -0.783. The molecule has 0 radical (unpaired) electrons. The third-order valence-corrected chi connectivity index (χ3v) is 5.90. The summed E-state index contributed by atoms with van der Waals surface area (Å²) >= 11 is 0. The van der Waals surface area contributed by atoms with Gasteiger partial charge in [0.05, 0.1) is 28.5 Å². The van der Waals surface area contributed by atoms with E-state index in [1.165, 1.54) is 12.1 Å². The fourth-order valence-corrected chi connectivity index (χ4v) is 4.95. The van der Waals surface area contributed by atoms with Crippen LogP contribution in [-0.4, -0.2) is 45.6 Å². The zero-order chi connectivity index (χ0) is 13.4. The Morgan fingerprint density at radius 1 is 1.17 bits per heavy atom. The molecule has 0 bridgehead atoms. The van der Waals surface area contributed by atoms with Crippen LogP contribution in [0.15, 0.2) is 35.2 Å². The monoisotopic (exact) mass is 291 g/mol. The molecule has 1 saturated heterocycles. The van der Waals surface area contributed by atoms with Gasteiger partial charge in [-0.05, 0) is 12.1 Å². The van der Waals surface area contributed by atoms with Gasteiger partial charge >= 0.3 is 0 Å². The lowest BCUT2D eigenvalue weighted by molar-refractivity contribution is 0.176. The van der Waals surface area contributed by atoms with Gasteiger partial charge in [0.2, 0.25) is 10.0 Å². The molecule has 1 aliphatic rings. The van der Waals surface area contributed by atoms with E-state index in [9.17, 15) is 21.9 Å². The van der Waals surface area contributed by atoms with Gasteiger partial charge < -0.3 is 5.11 Å². The number of sulfonamides is 1. The van der Waals surface area contributed by atoms with E-state index in [1.54, 1.807) is 18.2 Å². The highest BCUT2D eigenvalue weighted by atomic mass is 32.2. The number of hydrogen-bond acceptors (Lipinski definition) is 5. The van der Waals surface area contributed by atoms with Crippen molar-refractivity contribution < 1.29 is 21.9 Å². The molecule has 18 heavy (non-hydrogen) atoms. The first kappa shape index (κ1) is 13.5. The number of aliphatic hydroxyl groups excluding tert-OH is 1. The summed E-state index contributed by atoms with van der Waals surface area (Å²) in [4.78, 5) is 0.0431. The number of sulfone groups is 1. The highest BCUT2D eigenvalue weighted by Crippen LogP contribution is 2.16. The maximum atomic E-state index is 11.9. The van der Waals surface area contributed by atoms with Gasteiger partial charge in [0.1, 0.15) is 0 Å². The predicted octanol–water partition coefficient (Wildman–Crippen LogP) is -0.877. The molecule has 0 aromatic heterocycles. The quantitative estimate of drug-likeness (QED) is 0.753. The lowest BCUT2D eigenvalue weighted by atomic mass is 10.2. The summed E-state index contributed by atoms with van der Waals surface area (Å²) in [6.45, 7) is 0. The summed E-state index contributed by atoms with van der Waals surface area (Å²) in [6, 6.07) is 6.62. The largest absolute Gasteiger partial charge is 0.390 e. The molecule has 0 saturated carbocycles. The summed E-state index contributed by atoms with van der Waals surface area (Å²) in [5.41, 5.74) is 0. The number of nitrogens with one attached hydrogen (secondary N) is 1. The minimum Gasteiger partial charge on any atom is -0.390 e. The van der Waals surface area contributed by atoms with Gasteiger partial charge in [0.15, 0.2) is 9.84 Å². The van der Waals surface area contributed by atoms with Crippen molar-refractivity contribution in [1.29, 1.82) is 0 Å². The Hall–Kier alpha value is -0.960. The van der Waals surface area contributed by atoms with Crippen molar-refractivity contribution in [1.82, 2.24) is 4.72 Å². The van der Waals surface area contributed by atoms with Crippen molar-refractivity contribution in [2.24, 2.45) is 0 Å². The molecule has 1 aromatic carbocycles. The Labute approximate surface area is 106 Å². The maximum Gasteiger partial charge on any atom is 0.240 e. The van der Waals surface area contributed by atoms with Crippen molar-refractivity contribution in [3.63, 3.8) is 0 Å². The van der Waals surface area contributed by atoms with Gasteiger partial charge in [0.25, 0.3) is 0 Å². The third kappa shape index (κ3) is 2.89. The summed E-state index contributed by atoms with van der Waals surface area (Å²) < 4.78 is 48.6. The van der Waals surface area contributed by atoms with Crippen LogP contribution in [0.2, 0.25) is 0 Å². The van der Waals surface area contributed by atoms with Gasteiger partial charge in [-0.3, -0.25) is 0 Å². The molecular formula is C10H13NO5S2. The molecule has 2 unspecified atom stereocenters. The molecule has 2 N–H and O–H groups in total. The van der Waals surface area contributed by atoms with E-state index in [-0.39, 0.29) is 10.6 Å². The minimum atomic E-state index is -3.80. The summed E-state index contributed by atoms with van der Waals surface area (Å²) in [6.07, 6.45) is -1.20. The van der Waals surface area contributed by atoms with Gasteiger partial charge in [-0.15, -0.1) is 0 Å². The highest BCUT2D eigenvalue weighted by molar-refractivity contribution is 7.92. The van der Waals surface area contributed by atoms with E-state index in [0.717, 1.165) is 0 Å². The molecule has 6 nitrogen and oxygen atoms in total. The number of hydrogen-bond donors (Lipinski definition) is 2. The molecule has 8 heteroatoms. The second-order valence-corrected chi connectivity index (χ2v) is 8.05. The fourth-order valence-electron chi connectivity index (χ4n) is 1.81. The molecule has 1 fully saturated rings. The molecule has 0 aliphatic carbocycles. The lowest BCUT2D eigenvalue weighted by Gasteiger charge is -2.14. The minimum absolute atomic E-state index is 0.0431. The average Bonchev–Trinajstić information content (AvgIpc) is 2.52. The topological polar surface area (TPSA) is 101 Å². The van der Waals surface area contributed by atoms with E-state index in [4.69, 9.17) is 0 Å². The van der Waals surface area contributed by atoms with Crippen molar-refractivity contribution in [2.45, 2.75) is 17.0 Å². The Kier molecular flexibility index (Phi) is 3.45. The first-order valence-corrected chi connectivity index (χ1v) is 8.56. The van der Waals surface area contributed by atoms with Gasteiger partial charge in [-0.2, -0.15) is 0 Å². The second kappa shape index (κ2) is 4.61. The van der Waals surface area contributed by atoms with E-state index >= 15 is 0 Å². The molecule has 1 aliphatic heterocycles.